The first-order valence-corrected chi connectivity index (χ1v) is 13.7. The molecule has 2 unspecified atom stereocenters. The van der Waals surface area contributed by atoms with Crippen LogP contribution in [0.15, 0.2) is 53.6 Å². The molecule has 38 heavy (non-hydrogen) atoms. The first-order valence-electron chi connectivity index (χ1n) is 12.3. The normalized spacial score (nSPS) is 17.9. The Kier molecular flexibility index (Phi) is 6.66. The molecule has 0 bridgehead atoms. The maximum atomic E-state index is 13.6. The number of carboxylic acids is 1. The number of pyridine rings is 1. The second kappa shape index (κ2) is 9.80. The van der Waals surface area contributed by atoms with Gasteiger partial charge < -0.3 is 9.84 Å². The Morgan fingerprint density at radius 2 is 2.00 bits per heavy atom. The number of rotatable bonds is 6. The van der Waals surface area contributed by atoms with Crippen LogP contribution in [0.25, 0.3) is 11.0 Å². The largest absolute Gasteiger partial charge is 0.481 e. The van der Waals surface area contributed by atoms with E-state index in [4.69, 9.17) is 4.74 Å². The molecule has 11 heteroatoms. The van der Waals surface area contributed by atoms with Gasteiger partial charge in [-0.15, -0.1) is 5.10 Å². The number of ether oxygens (including phenoxy) is 1. The van der Waals surface area contributed by atoms with Gasteiger partial charge in [0.05, 0.1) is 18.5 Å². The standard InChI is InChI=1S/C27H29N5O5S/c1-16-7-8-19(22(13-25(33)34)21-9-10-23-26(18(21)3)29-30-31(23)4)12-20(16)15-32-14-17(2)37-27-24(38(32,35)36)6-5-11-28-27/h5-12,17,22H,13-15H2,1-4H3,(H,33,34). The molecule has 0 amide bonds. The molecule has 0 radical (unpaired) electrons. The molecular formula is C27H29N5O5S. The number of fused-ring (bicyclic) bond motifs is 2. The number of aliphatic carboxylic acids is 1. The number of carboxylic acid groups (broad SMARTS) is 1. The summed E-state index contributed by atoms with van der Waals surface area (Å²) in [7, 11) is -2.05. The molecular weight excluding hydrogens is 506 g/mol. The van der Waals surface area contributed by atoms with E-state index < -0.39 is 28.0 Å². The van der Waals surface area contributed by atoms with Gasteiger partial charge in [-0.1, -0.05) is 29.5 Å². The van der Waals surface area contributed by atoms with E-state index in [1.165, 1.54) is 16.6 Å². The van der Waals surface area contributed by atoms with Crippen molar-refractivity contribution in [2.24, 2.45) is 7.05 Å². The fraction of sp³-hybridized carbons (Fsp3) is 0.333. The Labute approximate surface area is 220 Å². The summed E-state index contributed by atoms with van der Waals surface area (Å²) in [5.41, 5.74) is 5.79. The zero-order valence-corrected chi connectivity index (χ0v) is 22.4. The number of carbonyl (C=O) groups is 1. The van der Waals surface area contributed by atoms with Gasteiger partial charge in [-0.05, 0) is 66.8 Å². The van der Waals surface area contributed by atoms with Gasteiger partial charge in [-0.2, -0.15) is 4.31 Å². The Balaban J connectivity index is 1.56. The second-order valence-corrected chi connectivity index (χ2v) is 11.6. The highest BCUT2D eigenvalue weighted by Crippen LogP contribution is 2.35. The van der Waals surface area contributed by atoms with E-state index in [1.807, 2.05) is 58.2 Å². The minimum atomic E-state index is -3.87. The summed E-state index contributed by atoms with van der Waals surface area (Å²) in [5.74, 6) is -1.28. The molecule has 0 aliphatic carbocycles. The predicted molar refractivity (Wildman–Crippen MR) is 140 cm³/mol. The smallest absolute Gasteiger partial charge is 0.304 e. The summed E-state index contributed by atoms with van der Waals surface area (Å²) in [4.78, 5) is 16.1. The molecule has 0 fully saturated rings. The zero-order valence-electron chi connectivity index (χ0n) is 21.6. The van der Waals surface area contributed by atoms with E-state index in [0.29, 0.717) is 0 Å². The number of aromatic nitrogens is 4. The van der Waals surface area contributed by atoms with Crippen LogP contribution in [0.5, 0.6) is 5.88 Å². The van der Waals surface area contributed by atoms with Crippen molar-refractivity contribution in [3.8, 4) is 5.88 Å². The topological polar surface area (TPSA) is 128 Å². The quantitative estimate of drug-likeness (QED) is 0.397. The van der Waals surface area contributed by atoms with E-state index in [9.17, 15) is 18.3 Å². The molecule has 10 nitrogen and oxygen atoms in total. The third kappa shape index (κ3) is 4.63. The number of benzene rings is 2. The van der Waals surface area contributed by atoms with Crippen molar-refractivity contribution in [1.29, 1.82) is 0 Å². The van der Waals surface area contributed by atoms with Crippen LogP contribution in [0.2, 0.25) is 0 Å². The Hall–Kier alpha value is -3.83. The van der Waals surface area contributed by atoms with Gasteiger partial charge in [0.1, 0.15) is 16.5 Å². The van der Waals surface area contributed by atoms with Gasteiger partial charge >= 0.3 is 5.97 Å². The van der Waals surface area contributed by atoms with Crippen LogP contribution in [-0.2, 0) is 28.4 Å². The van der Waals surface area contributed by atoms with Crippen molar-refractivity contribution >= 4 is 27.0 Å². The second-order valence-electron chi connectivity index (χ2n) is 9.73. The SMILES string of the molecule is Cc1ccc(C(CC(=O)O)c2ccc3c(nnn3C)c2C)cc1CN1CC(C)Oc2ncccc2S1(=O)=O. The van der Waals surface area contributed by atoms with E-state index in [0.717, 1.165) is 38.9 Å². The van der Waals surface area contributed by atoms with E-state index in [-0.39, 0.29) is 30.3 Å². The zero-order chi connectivity index (χ0) is 27.2. The first-order chi connectivity index (χ1) is 18.1. The Morgan fingerprint density at radius 3 is 2.76 bits per heavy atom. The number of hydrogen-bond acceptors (Lipinski definition) is 7. The molecule has 4 aromatic rings. The molecule has 1 N–H and O–H groups in total. The van der Waals surface area contributed by atoms with Crippen LogP contribution >= 0.6 is 0 Å². The molecule has 5 rings (SSSR count). The Morgan fingerprint density at radius 1 is 1.21 bits per heavy atom. The summed E-state index contributed by atoms with van der Waals surface area (Å²) in [6.45, 7) is 5.92. The number of hydrogen-bond donors (Lipinski definition) is 1. The minimum Gasteiger partial charge on any atom is -0.481 e. The molecule has 198 valence electrons. The van der Waals surface area contributed by atoms with Crippen LogP contribution in [0.3, 0.4) is 0 Å². The van der Waals surface area contributed by atoms with Crippen LogP contribution < -0.4 is 4.74 Å². The van der Waals surface area contributed by atoms with Crippen molar-refractivity contribution in [3.63, 3.8) is 0 Å². The summed E-state index contributed by atoms with van der Waals surface area (Å²) in [6.07, 6.45) is 0.986. The highest BCUT2D eigenvalue weighted by atomic mass is 32.2. The van der Waals surface area contributed by atoms with Gasteiger partial charge in [0.25, 0.3) is 0 Å². The molecule has 2 aromatic carbocycles. The lowest BCUT2D eigenvalue weighted by Gasteiger charge is -2.24. The predicted octanol–water partition coefficient (Wildman–Crippen LogP) is 3.56. The lowest BCUT2D eigenvalue weighted by atomic mass is 9.84. The number of aryl methyl sites for hydroxylation is 3. The number of sulfonamides is 1. The molecule has 0 saturated heterocycles. The molecule has 1 aliphatic rings. The van der Waals surface area contributed by atoms with Crippen molar-refractivity contribution in [2.45, 2.75) is 50.7 Å². The van der Waals surface area contributed by atoms with Crippen LogP contribution in [0.4, 0.5) is 0 Å². The van der Waals surface area contributed by atoms with Crippen molar-refractivity contribution in [1.82, 2.24) is 24.3 Å². The van der Waals surface area contributed by atoms with E-state index in [1.54, 1.807) is 10.7 Å². The Bertz CT molecular complexity index is 1650. The van der Waals surface area contributed by atoms with Crippen LogP contribution in [-0.4, -0.2) is 56.4 Å². The summed E-state index contributed by atoms with van der Waals surface area (Å²) in [6, 6.07) is 12.6. The number of nitrogens with zero attached hydrogens (tertiary/aromatic N) is 5. The maximum Gasteiger partial charge on any atom is 0.304 e. The third-order valence-electron chi connectivity index (χ3n) is 7.08. The average Bonchev–Trinajstić information content (AvgIpc) is 3.21. The minimum absolute atomic E-state index is 0.0369. The maximum absolute atomic E-state index is 13.6. The molecule has 2 atom stereocenters. The third-order valence-corrected chi connectivity index (χ3v) is 8.91. The monoisotopic (exact) mass is 535 g/mol. The van der Waals surface area contributed by atoms with Crippen LogP contribution in [0, 0.1) is 13.8 Å². The fourth-order valence-electron chi connectivity index (χ4n) is 5.04. The van der Waals surface area contributed by atoms with Crippen molar-refractivity contribution < 1.29 is 23.1 Å². The van der Waals surface area contributed by atoms with Gasteiger partial charge in [-0.25, -0.2) is 18.1 Å². The van der Waals surface area contributed by atoms with E-state index >= 15 is 0 Å². The molecule has 0 spiro atoms. The van der Waals surface area contributed by atoms with Crippen LogP contribution in [0.1, 0.15) is 47.1 Å². The molecule has 2 aromatic heterocycles. The molecule has 1 aliphatic heterocycles. The lowest BCUT2D eigenvalue weighted by Crippen LogP contribution is -2.35. The summed E-state index contributed by atoms with van der Waals surface area (Å²) in [5, 5.41) is 18.1. The first kappa shape index (κ1) is 25.8. The fourth-order valence-corrected chi connectivity index (χ4v) is 6.60. The average molecular weight is 536 g/mol. The van der Waals surface area contributed by atoms with E-state index in [2.05, 4.69) is 15.3 Å². The molecule has 3 heterocycles. The lowest BCUT2D eigenvalue weighted by molar-refractivity contribution is -0.137. The highest BCUT2D eigenvalue weighted by molar-refractivity contribution is 7.89. The van der Waals surface area contributed by atoms with Gasteiger partial charge in [0, 0.05) is 25.7 Å². The van der Waals surface area contributed by atoms with Gasteiger partial charge in [0.15, 0.2) is 0 Å². The van der Waals surface area contributed by atoms with Gasteiger partial charge in [-0.3, -0.25) is 4.79 Å². The highest BCUT2D eigenvalue weighted by Gasteiger charge is 2.34. The molecule has 0 saturated carbocycles. The van der Waals surface area contributed by atoms with Crippen molar-refractivity contribution in [3.05, 3.63) is 76.5 Å². The summed E-state index contributed by atoms with van der Waals surface area (Å²) >= 11 is 0. The van der Waals surface area contributed by atoms with Crippen molar-refractivity contribution in [2.75, 3.05) is 6.54 Å². The van der Waals surface area contributed by atoms with Gasteiger partial charge in [0.2, 0.25) is 15.9 Å². The summed E-state index contributed by atoms with van der Waals surface area (Å²) < 4.78 is 36.0.